The molecule has 3 rings (SSSR count). The van der Waals surface area contributed by atoms with Crippen LogP contribution >= 0.6 is 0 Å². The van der Waals surface area contributed by atoms with E-state index in [1.54, 1.807) is 9.80 Å². The molecule has 2 heterocycles. The molecule has 0 aliphatic carbocycles. The Morgan fingerprint density at radius 1 is 1.12 bits per heavy atom. The molecular weight excluding hydrogens is 342 g/mol. The summed E-state index contributed by atoms with van der Waals surface area (Å²) in [6.45, 7) is 1.99. The molecule has 0 N–H and O–H groups in total. The predicted octanol–water partition coefficient (Wildman–Crippen LogP) is 0.106. The maximum Gasteiger partial charge on any atom is 0.242 e. The number of carbonyl (C=O) groups excluding carboxylic acids is 2. The lowest BCUT2D eigenvalue weighted by molar-refractivity contribution is -0.139. The number of likely N-dealkylation sites (tertiary alicyclic amines) is 1. The summed E-state index contributed by atoms with van der Waals surface area (Å²) in [5, 5.41) is 0. The van der Waals surface area contributed by atoms with E-state index < -0.39 is 10.0 Å². The Morgan fingerprint density at radius 2 is 1.76 bits per heavy atom. The van der Waals surface area contributed by atoms with E-state index in [0.717, 1.165) is 5.56 Å². The van der Waals surface area contributed by atoms with Gasteiger partial charge in [-0.1, -0.05) is 30.3 Å². The highest BCUT2D eigenvalue weighted by molar-refractivity contribution is 7.88. The summed E-state index contributed by atoms with van der Waals surface area (Å²) in [5.41, 5.74) is 1.12. The van der Waals surface area contributed by atoms with Crippen LogP contribution < -0.4 is 0 Å². The first-order valence-electron chi connectivity index (χ1n) is 8.40. The molecule has 136 valence electrons. The minimum atomic E-state index is -3.21. The van der Waals surface area contributed by atoms with E-state index in [4.69, 9.17) is 0 Å². The van der Waals surface area contributed by atoms with E-state index >= 15 is 0 Å². The van der Waals surface area contributed by atoms with Crippen LogP contribution in [0.5, 0.6) is 0 Å². The van der Waals surface area contributed by atoms with E-state index in [-0.39, 0.29) is 24.3 Å². The molecule has 2 amide bonds. The van der Waals surface area contributed by atoms with Crippen LogP contribution in [0.15, 0.2) is 30.3 Å². The molecule has 2 saturated heterocycles. The van der Waals surface area contributed by atoms with Crippen molar-refractivity contribution in [1.29, 1.82) is 0 Å². The first-order chi connectivity index (χ1) is 11.8. The second kappa shape index (κ2) is 7.13. The lowest BCUT2D eigenvalue weighted by Crippen LogP contribution is -2.52. The lowest BCUT2D eigenvalue weighted by atomic mass is 9.99. The Hall–Kier alpha value is -1.93. The molecule has 1 aromatic carbocycles. The highest BCUT2D eigenvalue weighted by atomic mass is 32.2. The van der Waals surface area contributed by atoms with Gasteiger partial charge in [0.05, 0.1) is 12.8 Å². The zero-order valence-electron chi connectivity index (χ0n) is 14.3. The van der Waals surface area contributed by atoms with E-state index in [2.05, 4.69) is 0 Å². The summed E-state index contributed by atoms with van der Waals surface area (Å²) in [7, 11) is -3.21. The Labute approximate surface area is 148 Å². The largest absolute Gasteiger partial charge is 0.339 e. The molecule has 8 heteroatoms. The molecule has 7 nitrogen and oxygen atoms in total. The van der Waals surface area contributed by atoms with Gasteiger partial charge in [-0.3, -0.25) is 9.59 Å². The number of rotatable bonds is 4. The first kappa shape index (κ1) is 17.9. The fourth-order valence-corrected chi connectivity index (χ4v) is 4.23. The normalized spacial score (nSPS) is 22.4. The van der Waals surface area contributed by atoms with Crippen molar-refractivity contribution in [2.45, 2.75) is 12.3 Å². The number of amides is 2. The van der Waals surface area contributed by atoms with Crippen molar-refractivity contribution in [2.75, 3.05) is 45.5 Å². The van der Waals surface area contributed by atoms with Crippen LogP contribution in [0.25, 0.3) is 0 Å². The predicted molar refractivity (Wildman–Crippen MR) is 93.4 cm³/mol. The van der Waals surface area contributed by atoms with Gasteiger partial charge in [-0.2, -0.15) is 4.31 Å². The van der Waals surface area contributed by atoms with Crippen LogP contribution in [0.4, 0.5) is 0 Å². The van der Waals surface area contributed by atoms with Crippen molar-refractivity contribution in [3.63, 3.8) is 0 Å². The SMILES string of the molecule is CS(=O)(=O)N1CCN(C(=O)CN2CC(c3ccccc3)CC2=O)CC1. The van der Waals surface area contributed by atoms with Crippen LogP contribution in [0.1, 0.15) is 17.9 Å². The van der Waals surface area contributed by atoms with Gasteiger partial charge in [0.2, 0.25) is 21.8 Å². The van der Waals surface area contributed by atoms with Crippen molar-refractivity contribution < 1.29 is 18.0 Å². The van der Waals surface area contributed by atoms with Gasteiger partial charge in [0, 0.05) is 45.1 Å². The Balaban J connectivity index is 1.54. The molecule has 2 aliphatic rings. The molecule has 0 radical (unpaired) electrons. The molecule has 2 fully saturated rings. The highest BCUT2D eigenvalue weighted by Gasteiger charge is 2.33. The number of sulfonamides is 1. The van der Waals surface area contributed by atoms with Gasteiger partial charge in [0.15, 0.2) is 0 Å². The summed E-state index contributed by atoms with van der Waals surface area (Å²) in [6.07, 6.45) is 1.61. The molecule has 2 aliphatic heterocycles. The first-order valence-corrected chi connectivity index (χ1v) is 10.2. The topological polar surface area (TPSA) is 78.0 Å². The minimum Gasteiger partial charge on any atom is -0.339 e. The molecule has 1 aromatic rings. The molecule has 1 atom stereocenters. The van der Waals surface area contributed by atoms with E-state index in [1.807, 2.05) is 30.3 Å². The van der Waals surface area contributed by atoms with Crippen LogP contribution in [0, 0.1) is 0 Å². The average molecular weight is 365 g/mol. The number of hydrogen-bond donors (Lipinski definition) is 0. The third kappa shape index (κ3) is 4.19. The van der Waals surface area contributed by atoms with Gasteiger partial charge in [-0.05, 0) is 5.56 Å². The van der Waals surface area contributed by atoms with Gasteiger partial charge < -0.3 is 9.80 Å². The van der Waals surface area contributed by atoms with Gasteiger partial charge in [0.25, 0.3) is 0 Å². The fraction of sp³-hybridized carbons (Fsp3) is 0.529. The number of benzene rings is 1. The second-order valence-electron chi connectivity index (χ2n) is 6.63. The molecule has 0 saturated carbocycles. The summed E-state index contributed by atoms with van der Waals surface area (Å²) in [6, 6.07) is 9.86. The third-order valence-corrected chi connectivity index (χ3v) is 6.18. The molecule has 0 bridgehead atoms. The van der Waals surface area contributed by atoms with Crippen molar-refractivity contribution >= 4 is 21.8 Å². The summed E-state index contributed by atoms with van der Waals surface area (Å²) >= 11 is 0. The van der Waals surface area contributed by atoms with Crippen LogP contribution in [-0.4, -0.2) is 79.9 Å². The van der Waals surface area contributed by atoms with Gasteiger partial charge >= 0.3 is 0 Å². The van der Waals surface area contributed by atoms with Crippen molar-refractivity contribution in [2.24, 2.45) is 0 Å². The minimum absolute atomic E-state index is 0.00280. The van der Waals surface area contributed by atoms with Gasteiger partial charge in [-0.25, -0.2) is 8.42 Å². The summed E-state index contributed by atoms with van der Waals surface area (Å²) < 4.78 is 24.4. The quantitative estimate of drug-likeness (QED) is 0.759. The Bertz CT molecular complexity index is 742. The van der Waals surface area contributed by atoms with Crippen molar-refractivity contribution in [3.8, 4) is 0 Å². The number of carbonyl (C=O) groups is 2. The second-order valence-corrected chi connectivity index (χ2v) is 8.61. The molecular formula is C17H23N3O4S. The average Bonchev–Trinajstić information content (AvgIpc) is 2.96. The highest BCUT2D eigenvalue weighted by Crippen LogP contribution is 2.27. The maximum absolute atomic E-state index is 12.5. The van der Waals surface area contributed by atoms with E-state index in [0.29, 0.717) is 39.1 Å². The van der Waals surface area contributed by atoms with E-state index in [9.17, 15) is 18.0 Å². The number of piperazine rings is 1. The van der Waals surface area contributed by atoms with Gasteiger partial charge in [-0.15, -0.1) is 0 Å². The lowest BCUT2D eigenvalue weighted by Gasteiger charge is -2.34. The fourth-order valence-electron chi connectivity index (χ4n) is 3.41. The third-order valence-electron chi connectivity index (χ3n) is 4.87. The van der Waals surface area contributed by atoms with Gasteiger partial charge in [0.1, 0.15) is 0 Å². The summed E-state index contributed by atoms with van der Waals surface area (Å²) in [4.78, 5) is 27.9. The molecule has 0 aromatic heterocycles. The van der Waals surface area contributed by atoms with Crippen molar-refractivity contribution in [1.82, 2.24) is 14.1 Å². The van der Waals surface area contributed by atoms with Crippen LogP contribution in [-0.2, 0) is 19.6 Å². The van der Waals surface area contributed by atoms with Crippen molar-refractivity contribution in [3.05, 3.63) is 35.9 Å². The number of hydrogen-bond acceptors (Lipinski definition) is 4. The van der Waals surface area contributed by atoms with Crippen LogP contribution in [0.2, 0.25) is 0 Å². The Kier molecular flexibility index (Phi) is 5.10. The maximum atomic E-state index is 12.5. The molecule has 1 unspecified atom stereocenters. The standard InChI is InChI=1S/C17H23N3O4S/c1-25(23,24)20-9-7-18(8-10-20)17(22)13-19-12-15(11-16(19)21)14-5-3-2-4-6-14/h2-6,15H,7-13H2,1H3. The monoisotopic (exact) mass is 365 g/mol. The zero-order chi connectivity index (χ0) is 18.0. The molecule has 25 heavy (non-hydrogen) atoms. The smallest absolute Gasteiger partial charge is 0.242 e. The van der Waals surface area contributed by atoms with Crippen LogP contribution in [0.3, 0.4) is 0 Å². The summed E-state index contributed by atoms with van der Waals surface area (Å²) in [5.74, 6) is 0.00997. The Morgan fingerprint density at radius 3 is 2.36 bits per heavy atom. The zero-order valence-corrected chi connectivity index (χ0v) is 15.1. The molecule has 0 spiro atoms. The van der Waals surface area contributed by atoms with E-state index in [1.165, 1.54) is 10.6 Å². The number of nitrogens with zero attached hydrogens (tertiary/aromatic N) is 3.